The summed E-state index contributed by atoms with van der Waals surface area (Å²) >= 11 is 0. The maximum absolute atomic E-state index is 11.8. The standard InChI is InChI=1S/C22H38N2O16/c1-6(27)23-11-13(29)8(3-25)38-21(16(11)32)36-5-10-15(31)19(12(20(35)37-10)24-7(2)28)40-22-18(34)17(33)14(30)9(4-26)39-22/h8-22,25-26,29-35H,3-5H2,1-2H3,(H,23,27)(H,24,28)/t8-,9-,10-,11+,12-,13-,14+,15+,16-,17+,18-,19-,20+,21-,22-/m1/s1. The lowest BCUT2D eigenvalue weighted by molar-refractivity contribution is -0.346. The fraction of sp³-hybridized carbons (Fsp3) is 0.909. The summed E-state index contributed by atoms with van der Waals surface area (Å²) in [5, 5.41) is 96.6. The third-order valence-corrected chi connectivity index (χ3v) is 6.88. The number of ether oxygens (including phenoxy) is 5. The molecule has 3 aliphatic rings. The van der Waals surface area contributed by atoms with E-state index in [9.17, 15) is 55.5 Å². The van der Waals surface area contributed by atoms with Crippen molar-refractivity contribution in [3.63, 3.8) is 0 Å². The normalized spacial score (nSPS) is 46.0. The Kier molecular flexibility index (Phi) is 11.5. The van der Waals surface area contributed by atoms with Crippen LogP contribution < -0.4 is 10.6 Å². The first-order valence-electron chi connectivity index (χ1n) is 12.6. The highest BCUT2D eigenvalue weighted by Gasteiger charge is 2.52. The zero-order valence-electron chi connectivity index (χ0n) is 21.7. The van der Waals surface area contributed by atoms with Gasteiger partial charge in [-0.2, -0.15) is 0 Å². The van der Waals surface area contributed by atoms with Gasteiger partial charge >= 0.3 is 0 Å². The van der Waals surface area contributed by atoms with E-state index in [0.29, 0.717) is 0 Å². The molecular formula is C22H38N2O16. The van der Waals surface area contributed by atoms with Gasteiger partial charge in [0.1, 0.15) is 67.1 Å². The molecule has 3 heterocycles. The Morgan fingerprint density at radius 1 is 0.650 bits per heavy atom. The molecule has 0 bridgehead atoms. The molecule has 40 heavy (non-hydrogen) atoms. The second-order valence-corrected chi connectivity index (χ2v) is 9.85. The molecule has 18 nitrogen and oxygen atoms in total. The van der Waals surface area contributed by atoms with Crippen LogP contribution in [0.15, 0.2) is 0 Å². The van der Waals surface area contributed by atoms with Crippen LogP contribution in [0.4, 0.5) is 0 Å². The van der Waals surface area contributed by atoms with Crippen molar-refractivity contribution in [1.82, 2.24) is 10.6 Å². The van der Waals surface area contributed by atoms with E-state index in [-0.39, 0.29) is 0 Å². The highest BCUT2D eigenvalue weighted by Crippen LogP contribution is 2.30. The molecule has 0 aromatic heterocycles. The molecule has 3 fully saturated rings. The van der Waals surface area contributed by atoms with Gasteiger partial charge in [0, 0.05) is 13.8 Å². The highest BCUT2D eigenvalue weighted by molar-refractivity contribution is 5.73. The van der Waals surface area contributed by atoms with E-state index in [1.54, 1.807) is 0 Å². The van der Waals surface area contributed by atoms with Gasteiger partial charge in [-0.3, -0.25) is 9.59 Å². The molecule has 11 N–H and O–H groups in total. The zero-order chi connectivity index (χ0) is 29.9. The largest absolute Gasteiger partial charge is 0.394 e. The number of hydrogen-bond acceptors (Lipinski definition) is 16. The van der Waals surface area contributed by atoms with E-state index in [2.05, 4.69) is 10.6 Å². The maximum atomic E-state index is 11.8. The molecule has 2 amide bonds. The monoisotopic (exact) mass is 586 g/mol. The predicted octanol–water partition coefficient (Wildman–Crippen LogP) is -7.29. The van der Waals surface area contributed by atoms with Crippen LogP contribution >= 0.6 is 0 Å². The summed E-state index contributed by atoms with van der Waals surface area (Å²) in [4.78, 5) is 23.3. The summed E-state index contributed by atoms with van der Waals surface area (Å²) in [6.07, 6.45) is -21.0. The minimum absolute atomic E-state index is 0.591. The summed E-state index contributed by atoms with van der Waals surface area (Å²) in [7, 11) is 0. The Labute approximate surface area is 228 Å². The summed E-state index contributed by atoms with van der Waals surface area (Å²) in [6, 6.07) is -2.73. The van der Waals surface area contributed by atoms with Crippen LogP contribution in [-0.2, 0) is 33.3 Å². The Hall–Kier alpha value is -1.62. The number of rotatable bonds is 9. The fourth-order valence-corrected chi connectivity index (χ4v) is 4.78. The van der Waals surface area contributed by atoms with Crippen LogP contribution in [0, 0.1) is 0 Å². The second-order valence-electron chi connectivity index (χ2n) is 9.85. The van der Waals surface area contributed by atoms with Crippen molar-refractivity contribution in [2.45, 2.75) is 106 Å². The smallest absolute Gasteiger partial charge is 0.217 e. The van der Waals surface area contributed by atoms with Gasteiger partial charge < -0.3 is 80.3 Å². The van der Waals surface area contributed by atoms with Crippen LogP contribution in [0.2, 0.25) is 0 Å². The second kappa shape index (κ2) is 14.0. The van der Waals surface area contributed by atoms with E-state index in [4.69, 9.17) is 23.7 Å². The lowest BCUT2D eigenvalue weighted by Gasteiger charge is -2.47. The van der Waals surface area contributed by atoms with E-state index in [1.165, 1.54) is 0 Å². The van der Waals surface area contributed by atoms with Crippen LogP contribution in [0.5, 0.6) is 0 Å². The molecule has 3 rings (SSSR count). The van der Waals surface area contributed by atoms with E-state index in [0.717, 1.165) is 13.8 Å². The van der Waals surface area contributed by atoms with Gasteiger partial charge in [0.15, 0.2) is 18.9 Å². The van der Waals surface area contributed by atoms with E-state index >= 15 is 0 Å². The van der Waals surface area contributed by atoms with E-state index < -0.39 is 124 Å². The fourth-order valence-electron chi connectivity index (χ4n) is 4.78. The minimum atomic E-state index is -1.86. The molecule has 0 saturated carbocycles. The molecule has 232 valence electrons. The number of amides is 2. The van der Waals surface area contributed by atoms with Gasteiger partial charge in [-0.25, -0.2) is 0 Å². The third-order valence-electron chi connectivity index (χ3n) is 6.88. The third kappa shape index (κ3) is 7.23. The molecule has 3 aliphatic heterocycles. The number of carbonyl (C=O) groups excluding carboxylic acids is 2. The van der Waals surface area contributed by atoms with Gasteiger partial charge in [0.05, 0.1) is 25.9 Å². The van der Waals surface area contributed by atoms with Crippen molar-refractivity contribution in [2.24, 2.45) is 0 Å². The van der Waals surface area contributed by atoms with Gasteiger partial charge in [0.25, 0.3) is 0 Å². The molecule has 18 heteroatoms. The van der Waals surface area contributed by atoms with E-state index in [1.807, 2.05) is 0 Å². The molecule has 3 saturated heterocycles. The molecule has 0 unspecified atom stereocenters. The molecule has 0 spiro atoms. The maximum Gasteiger partial charge on any atom is 0.217 e. The average Bonchev–Trinajstić information content (AvgIpc) is 2.90. The van der Waals surface area contributed by atoms with Crippen LogP contribution in [-0.4, -0.2) is 170 Å². The number of aliphatic hydroxyl groups is 9. The summed E-state index contributed by atoms with van der Waals surface area (Å²) < 4.78 is 27.2. The zero-order valence-corrected chi connectivity index (χ0v) is 21.7. The Balaban J connectivity index is 1.76. The predicted molar refractivity (Wildman–Crippen MR) is 124 cm³/mol. The number of hydrogen-bond donors (Lipinski definition) is 11. The van der Waals surface area contributed by atoms with Gasteiger partial charge in [0.2, 0.25) is 11.8 Å². The first-order chi connectivity index (χ1) is 18.8. The van der Waals surface area contributed by atoms with Gasteiger partial charge in [-0.05, 0) is 0 Å². The molecule has 0 aromatic rings. The van der Waals surface area contributed by atoms with Crippen LogP contribution in [0.3, 0.4) is 0 Å². The highest BCUT2D eigenvalue weighted by atomic mass is 16.7. The Morgan fingerprint density at radius 3 is 1.77 bits per heavy atom. The molecule has 15 atom stereocenters. The Bertz CT molecular complexity index is 852. The van der Waals surface area contributed by atoms with Crippen LogP contribution in [0.1, 0.15) is 13.8 Å². The Morgan fingerprint density at radius 2 is 1.20 bits per heavy atom. The topological polar surface area (TPSA) is 286 Å². The molecule has 0 aliphatic carbocycles. The van der Waals surface area contributed by atoms with Crippen LogP contribution in [0.25, 0.3) is 0 Å². The van der Waals surface area contributed by atoms with Crippen molar-refractivity contribution in [1.29, 1.82) is 0 Å². The minimum Gasteiger partial charge on any atom is -0.394 e. The van der Waals surface area contributed by atoms with Crippen molar-refractivity contribution < 1.29 is 79.2 Å². The number of carbonyl (C=O) groups is 2. The molecular weight excluding hydrogens is 548 g/mol. The van der Waals surface area contributed by atoms with Crippen molar-refractivity contribution in [2.75, 3.05) is 19.8 Å². The molecule has 0 radical (unpaired) electrons. The summed E-state index contributed by atoms with van der Waals surface area (Å²) in [5.74, 6) is -1.25. The van der Waals surface area contributed by atoms with Crippen molar-refractivity contribution in [3.8, 4) is 0 Å². The lowest BCUT2D eigenvalue weighted by atomic mass is 9.95. The quantitative estimate of drug-likeness (QED) is 0.120. The average molecular weight is 587 g/mol. The van der Waals surface area contributed by atoms with Gasteiger partial charge in [-0.15, -0.1) is 0 Å². The summed E-state index contributed by atoms with van der Waals surface area (Å²) in [5.41, 5.74) is 0. The first kappa shape index (κ1) is 32.9. The lowest BCUT2D eigenvalue weighted by Crippen LogP contribution is -2.68. The van der Waals surface area contributed by atoms with Crippen molar-refractivity contribution >= 4 is 11.8 Å². The number of aliphatic hydroxyl groups excluding tert-OH is 9. The SMILES string of the molecule is CC(=O)N[C@@H]1[C@@H](O)[C@H](OC[C@H]2O[C@H](O)[C@H](NC(C)=O)[C@@H](O[C@H]3O[C@H](CO)[C@H](O)[C@H](O)[C@H]3O)[C@H]2O)O[C@H](CO)[C@H]1O. The van der Waals surface area contributed by atoms with Crippen molar-refractivity contribution in [3.05, 3.63) is 0 Å². The molecule has 0 aromatic carbocycles. The first-order valence-corrected chi connectivity index (χ1v) is 12.6. The van der Waals surface area contributed by atoms with Gasteiger partial charge in [-0.1, -0.05) is 0 Å². The number of nitrogens with one attached hydrogen (secondary N) is 2. The summed E-state index contributed by atoms with van der Waals surface area (Å²) in [6.45, 7) is 0.189.